The maximum atomic E-state index is 14.6. The van der Waals surface area contributed by atoms with Crippen molar-refractivity contribution in [2.24, 2.45) is 0 Å². The van der Waals surface area contributed by atoms with Gasteiger partial charge in [0.2, 0.25) is 5.95 Å². The van der Waals surface area contributed by atoms with Crippen molar-refractivity contribution in [2.75, 3.05) is 5.32 Å². The molecule has 0 saturated heterocycles. The molecule has 0 spiro atoms. The van der Waals surface area contributed by atoms with E-state index in [1.54, 1.807) is 48.5 Å². The Hall–Kier alpha value is -5.16. The number of carboxylic acid groups (broad SMARTS) is 2. The van der Waals surface area contributed by atoms with E-state index in [9.17, 15) is 18.8 Å². The molecule has 1 unspecified atom stereocenters. The number of benzene rings is 3. The molecule has 1 amide bonds. The Morgan fingerprint density at radius 3 is 2.40 bits per heavy atom. The zero-order valence-electron chi connectivity index (χ0n) is 20.4. The largest absolute Gasteiger partial charge is 0.481 e. The van der Waals surface area contributed by atoms with Gasteiger partial charge in [0.1, 0.15) is 22.9 Å². The predicted octanol–water partition coefficient (Wildman–Crippen LogP) is 5.04. The van der Waals surface area contributed by atoms with Gasteiger partial charge in [-0.2, -0.15) is 0 Å². The number of hydrogen-bond donors (Lipinski definition) is 4. The standard InChI is InChI=1S/C28H19ClFN5O5/c29-15-7-10-17-19(11-15)24(18-3-1-2-4-20(18)30)33-22-13-31-28(35-25(17)22)32-16-8-5-14(6-9-16)26(38)34-21(27(39)40)12-23(36)37/h1-11,13,21H,12H2,(H,34,38)(H,36,37)(H,39,40)(H,31,32,35). The lowest BCUT2D eigenvalue weighted by Gasteiger charge is -2.13. The Balaban J connectivity index is 1.44. The highest BCUT2D eigenvalue weighted by Gasteiger charge is 2.23. The number of aromatic nitrogens is 3. The molecule has 5 rings (SSSR count). The molecular weight excluding hydrogens is 541 g/mol. The van der Waals surface area contributed by atoms with E-state index in [0.29, 0.717) is 43.8 Å². The molecule has 0 radical (unpaired) electrons. The SMILES string of the molecule is O=C(O)CC(NC(=O)c1ccc(Nc2ncc3nc(-c4ccccc4F)c4cc(Cl)ccc4c3n2)cc1)C(=O)O. The Morgan fingerprint density at radius 2 is 1.70 bits per heavy atom. The fraction of sp³-hybridized carbons (Fsp3) is 0.0714. The molecule has 12 heteroatoms. The number of nitrogens with one attached hydrogen (secondary N) is 2. The molecule has 0 aliphatic rings. The van der Waals surface area contributed by atoms with Gasteiger partial charge in [0.15, 0.2) is 0 Å². The summed E-state index contributed by atoms with van der Waals surface area (Å²) in [6.45, 7) is 0. The van der Waals surface area contributed by atoms with Crippen LogP contribution in [0.1, 0.15) is 16.8 Å². The Labute approximate surface area is 230 Å². The van der Waals surface area contributed by atoms with Crippen LogP contribution in [0, 0.1) is 5.82 Å². The number of pyridine rings is 1. The topological polar surface area (TPSA) is 154 Å². The van der Waals surface area contributed by atoms with Crippen LogP contribution in [0.25, 0.3) is 33.1 Å². The molecule has 2 aromatic heterocycles. The summed E-state index contributed by atoms with van der Waals surface area (Å²) in [5.74, 6) is -3.73. The molecule has 4 N–H and O–H groups in total. The third kappa shape index (κ3) is 5.49. The number of carbonyl (C=O) groups excluding carboxylic acids is 1. The van der Waals surface area contributed by atoms with Gasteiger partial charge in [0.25, 0.3) is 5.91 Å². The molecule has 10 nitrogen and oxygen atoms in total. The number of aliphatic carboxylic acids is 2. The van der Waals surface area contributed by atoms with Gasteiger partial charge in [-0.25, -0.2) is 24.1 Å². The zero-order valence-corrected chi connectivity index (χ0v) is 21.2. The van der Waals surface area contributed by atoms with Crippen LogP contribution in [0.4, 0.5) is 16.0 Å². The second-order valence-corrected chi connectivity index (χ2v) is 9.16. The highest BCUT2D eigenvalue weighted by Crippen LogP contribution is 2.34. The van der Waals surface area contributed by atoms with Crippen molar-refractivity contribution < 1.29 is 29.0 Å². The lowest BCUT2D eigenvalue weighted by Crippen LogP contribution is -2.42. The maximum Gasteiger partial charge on any atom is 0.326 e. The first kappa shape index (κ1) is 26.4. The molecule has 3 aromatic carbocycles. The van der Waals surface area contributed by atoms with Crippen molar-refractivity contribution in [2.45, 2.75) is 12.5 Å². The van der Waals surface area contributed by atoms with Crippen LogP contribution in [0.3, 0.4) is 0 Å². The van der Waals surface area contributed by atoms with E-state index < -0.39 is 36.1 Å². The van der Waals surface area contributed by atoms with E-state index in [1.165, 1.54) is 24.4 Å². The Kier molecular flexibility index (Phi) is 7.21. The second kappa shape index (κ2) is 10.9. The van der Waals surface area contributed by atoms with Crippen LogP contribution in [0.2, 0.25) is 5.02 Å². The molecule has 0 saturated carbocycles. The highest BCUT2D eigenvalue weighted by molar-refractivity contribution is 6.31. The van der Waals surface area contributed by atoms with Crippen LogP contribution in [-0.2, 0) is 9.59 Å². The second-order valence-electron chi connectivity index (χ2n) is 8.72. The third-order valence-corrected chi connectivity index (χ3v) is 6.24. The summed E-state index contributed by atoms with van der Waals surface area (Å²) < 4.78 is 14.6. The number of rotatable bonds is 8. The Morgan fingerprint density at radius 1 is 0.950 bits per heavy atom. The molecule has 200 valence electrons. The van der Waals surface area contributed by atoms with Crippen molar-refractivity contribution in [3.63, 3.8) is 0 Å². The van der Waals surface area contributed by atoms with Gasteiger partial charge in [-0.3, -0.25) is 9.59 Å². The van der Waals surface area contributed by atoms with E-state index in [2.05, 4.69) is 25.6 Å². The Bertz CT molecular complexity index is 1800. The number of fused-ring (bicyclic) bond motifs is 3. The molecular formula is C28H19ClFN5O5. The number of carbonyl (C=O) groups is 3. The summed E-state index contributed by atoms with van der Waals surface area (Å²) in [4.78, 5) is 48.1. The molecule has 0 aliphatic carbocycles. The minimum absolute atomic E-state index is 0.134. The minimum atomic E-state index is -1.56. The van der Waals surface area contributed by atoms with Gasteiger partial charge in [0, 0.05) is 32.6 Å². The summed E-state index contributed by atoms with van der Waals surface area (Å²) in [7, 11) is 0. The lowest BCUT2D eigenvalue weighted by atomic mass is 10.0. The van der Waals surface area contributed by atoms with Crippen LogP contribution < -0.4 is 10.6 Å². The molecule has 1 atom stereocenters. The van der Waals surface area contributed by atoms with Gasteiger partial charge in [-0.15, -0.1) is 0 Å². The smallest absolute Gasteiger partial charge is 0.326 e. The summed E-state index contributed by atoms with van der Waals surface area (Å²) in [5.41, 5.74) is 2.35. The molecule has 0 bridgehead atoms. The van der Waals surface area contributed by atoms with E-state index >= 15 is 0 Å². The maximum absolute atomic E-state index is 14.6. The van der Waals surface area contributed by atoms with Crippen LogP contribution in [0.5, 0.6) is 0 Å². The number of hydrogen-bond acceptors (Lipinski definition) is 7. The number of nitrogens with zero attached hydrogens (tertiary/aromatic N) is 3. The van der Waals surface area contributed by atoms with Gasteiger partial charge in [0.05, 0.1) is 18.3 Å². The van der Waals surface area contributed by atoms with Gasteiger partial charge in [-0.05, 0) is 48.5 Å². The molecule has 0 fully saturated rings. The fourth-order valence-corrected chi connectivity index (χ4v) is 4.30. The minimum Gasteiger partial charge on any atom is -0.481 e. The first-order valence-electron chi connectivity index (χ1n) is 11.8. The van der Waals surface area contributed by atoms with Gasteiger partial charge < -0.3 is 20.8 Å². The van der Waals surface area contributed by atoms with Crippen molar-refractivity contribution in [1.82, 2.24) is 20.3 Å². The lowest BCUT2D eigenvalue weighted by molar-refractivity contribution is -0.145. The average Bonchev–Trinajstić information content (AvgIpc) is 2.92. The summed E-state index contributed by atoms with van der Waals surface area (Å²) >= 11 is 6.26. The van der Waals surface area contributed by atoms with E-state index in [-0.39, 0.29) is 11.5 Å². The monoisotopic (exact) mass is 559 g/mol. The van der Waals surface area contributed by atoms with Crippen LogP contribution in [0.15, 0.2) is 72.9 Å². The highest BCUT2D eigenvalue weighted by atomic mass is 35.5. The van der Waals surface area contributed by atoms with E-state index in [0.717, 1.165) is 0 Å². The van der Waals surface area contributed by atoms with Gasteiger partial charge in [-0.1, -0.05) is 29.8 Å². The fourth-order valence-electron chi connectivity index (χ4n) is 4.12. The quantitative estimate of drug-likeness (QED) is 0.191. The molecule has 0 aliphatic heterocycles. The first-order valence-corrected chi connectivity index (χ1v) is 12.2. The van der Waals surface area contributed by atoms with E-state index in [1.807, 2.05) is 0 Å². The normalized spacial score (nSPS) is 11.8. The third-order valence-electron chi connectivity index (χ3n) is 6.01. The molecule has 5 aromatic rings. The number of halogens is 2. The predicted molar refractivity (Wildman–Crippen MR) is 146 cm³/mol. The summed E-state index contributed by atoms with van der Waals surface area (Å²) in [5, 5.41) is 25.0. The summed E-state index contributed by atoms with van der Waals surface area (Å²) in [6.07, 6.45) is 0.761. The van der Waals surface area contributed by atoms with Crippen molar-refractivity contribution in [1.29, 1.82) is 0 Å². The van der Waals surface area contributed by atoms with Crippen molar-refractivity contribution >= 4 is 62.9 Å². The van der Waals surface area contributed by atoms with Crippen LogP contribution in [-0.4, -0.2) is 49.1 Å². The van der Waals surface area contributed by atoms with Crippen molar-refractivity contribution in [3.05, 3.63) is 89.3 Å². The van der Waals surface area contributed by atoms with Gasteiger partial charge >= 0.3 is 11.9 Å². The van der Waals surface area contributed by atoms with Crippen LogP contribution >= 0.6 is 11.6 Å². The van der Waals surface area contributed by atoms with Crippen molar-refractivity contribution in [3.8, 4) is 11.3 Å². The first-order chi connectivity index (χ1) is 19.2. The number of amides is 1. The zero-order chi connectivity index (χ0) is 28.4. The average molecular weight is 560 g/mol. The molecule has 40 heavy (non-hydrogen) atoms. The molecule has 2 heterocycles. The number of anilines is 2. The number of carboxylic acids is 2. The van der Waals surface area contributed by atoms with E-state index in [4.69, 9.17) is 21.8 Å². The summed E-state index contributed by atoms with van der Waals surface area (Å²) in [6, 6.07) is 16.0.